The maximum atomic E-state index is 12.0. The fourth-order valence-corrected chi connectivity index (χ4v) is 2.69. The third-order valence-corrected chi connectivity index (χ3v) is 3.78. The molecule has 2 aromatic rings. The van der Waals surface area contributed by atoms with E-state index in [1.807, 2.05) is 42.5 Å². The van der Waals surface area contributed by atoms with Gasteiger partial charge in [0.2, 0.25) is 5.91 Å². The number of rotatable bonds is 2. The molecule has 0 saturated heterocycles. The lowest BCUT2D eigenvalue weighted by Crippen LogP contribution is -2.12. The second-order valence-corrected chi connectivity index (χ2v) is 5.08. The lowest BCUT2D eigenvalue weighted by Gasteiger charge is -2.14. The average molecular weight is 267 g/mol. The summed E-state index contributed by atoms with van der Waals surface area (Å²) >= 11 is 0. The Morgan fingerprint density at radius 1 is 1.05 bits per heavy atom. The van der Waals surface area contributed by atoms with Gasteiger partial charge in [-0.3, -0.25) is 4.79 Å². The van der Waals surface area contributed by atoms with Crippen LogP contribution < -0.4 is 10.1 Å². The van der Waals surface area contributed by atoms with Gasteiger partial charge in [-0.25, -0.2) is 0 Å². The van der Waals surface area contributed by atoms with E-state index in [2.05, 4.69) is 11.4 Å². The summed E-state index contributed by atoms with van der Waals surface area (Å²) in [6, 6.07) is 16.0. The molecule has 3 nitrogen and oxygen atoms in total. The van der Waals surface area contributed by atoms with Crippen molar-refractivity contribution in [2.75, 3.05) is 12.4 Å². The molecule has 1 unspecified atom stereocenters. The molecule has 0 radical (unpaired) electrons. The van der Waals surface area contributed by atoms with Crippen molar-refractivity contribution in [1.29, 1.82) is 0 Å². The monoisotopic (exact) mass is 267 g/mol. The number of carbonyl (C=O) groups excluding carboxylic acids is 1. The van der Waals surface area contributed by atoms with E-state index >= 15 is 0 Å². The normalized spacial score (nSPS) is 17.9. The SMILES string of the molecule is COc1ccc(C2CC(=O)Nc3ccccc3C2)cc1. The molecule has 20 heavy (non-hydrogen) atoms. The molecule has 0 fully saturated rings. The van der Waals surface area contributed by atoms with Gasteiger partial charge in [-0.05, 0) is 41.7 Å². The summed E-state index contributed by atoms with van der Waals surface area (Å²) in [5, 5.41) is 2.98. The average Bonchev–Trinajstić information content (AvgIpc) is 2.65. The minimum Gasteiger partial charge on any atom is -0.497 e. The van der Waals surface area contributed by atoms with Gasteiger partial charge in [0.05, 0.1) is 7.11 Å². The first-order chi connectivity index (χ1) is 9.76. The molecule has 1 N–H and O–H groups in total. The van der Waals surface area contributed by atoms with Gasteiger partial charge in [0.1, 0.15) is 5.75 Å². The highest BCUT2D eigenvalue weighted by molar-refractivity contribution is 5.93. The predicted octanol–water partition coefficient (Wildman–Crippen LogP) is 3.36. The largest absolute Gasteiger partial charge is 0.497 e. The number of carbonyl (C=O) groups is 1. The number of ether oxygens (including phenoxy) is 1. The minimum absolute atomic E-state index is 0.0794. The van der Waals surface area contributed by atoms with Crippen molar-refractivity contribution in [2.24, 2.45) is 0 Å². The van der Waals surface area contributed by atoms with Crippen molar-refractivity contribution in [3.05, 3.63) is 59.7 Å². The van der Waals surface area contributed by atoms with Gasteiger partial charge < -0.3 is 10.1 Å². The molecule has 1 aliphatic heterocycles. The van der Waals surface area contributed by atoms with E-state index in [1.165, 1.54) is 11.1 Å². The predicted molar refractivity (Wildman–Crippen MR) is 79.1 cm³/mol. The molecule has 0 bridgehead atoms. The first-order valence-electron chi connectivity index (χ1n) is 6.78. The van der Waals surface area contributed by atoms with Crippen LogP contribution in [0.4, 0.5) is 5.69 Å². The van der Waals surface area contributed by atoms with Crippen molar-refractivity contribution < 1.29 is 9.53 Å². The summed E-state index contributed by atoms with van der Waals surface area (Å²) in [4.78, 5) is 12.0. The Morgan fingerprint density at radius 2 is 1.80 bits per heavy atom. The molecule has 0 saturated carbocycles. The van der Waals surface area contributed by atoms with E-state index < -0.39 is 0 Å². The van der Waals surface area contributed by atoms with Gasteiger partial charge in [-0.15, -0.1) is 0 Å². The summed E-state index contributed by atoms with van der Waals surface area (Å²) in [6.07, 6.45) is 1.39. The van der Waals surface area contributed by atoms with Crippen molar-refractivity contribution >= 4 is 11.6 Å². The Kier molecular flexibility index (Phi) is 3.42. The molecule has 1 atom stereocenters. The van der Waals surface area contributed by atoms with Crippen LogP contribution in [0.25, 0.3) is 0 Å². The Balaban J connectivity index is 1.91. The topological polar surface area (TPSA) is 38.3 Å². The first kappa shape index (κ1) is 12.7. The molecule has 1 heterocycles. The summed E-state index contributed by atoms with van der Waals surface area (Å²) in [7, 11) is 1.66. The summed E-state index contributed by atoms with van der Waals surface area (Å²) in [5.41, 5.74) is 3.31. The number of para-hydroxylation sites is 1. The van der Waals surface area contributed by atoms with E-state index in [0.29, 0.717) is 6.42 Å². The number of nitrogens with one attached hydrogen (secondary N) is 1. The van der Waals surface area contributed by atoms with Crippen LogP contribution in [-0.4, -0.2) is 13.0 Å². The molecular formula is C17H17NO2. The van der Waals surface area contributed by atoms with Gasteiger partial charge in [0.15, 0.2) is 0 Å². The third kappa shape index (κ3) is 2.52. The number of hydrogen-bond donors (Lipinski definition) is 1. The van der Waals surface area contributed by atoms with Crippen LogP contribution >= 0.6 is 0 Å². The Hall–Kier alpha value is -2.29. The standard InChI is InChI=1S/C17H17NO2/c1-20-15-8-6-12(7-9-15)14-10-13-4-2-3-5-16(13)18-17(19)11-14/h2-9,14H,10-11H2,1H3,(H,18,19). The zero-order chi connectivity index (χ0) is 13.9. The number of hydrogen-bond acceptors (Lipinski definition) is 2. The van der Waals surface area contributed by atoms with Crippen molar-refractivity contribution in [3.63, 3.8) is 0 Å². The fourth-order valence-electron chi connectivity index (χ4n) is 2.69. The van der Waals surface area contributed by atoms with Gasteiger partial charge >= 0.3 is 0 Å². The number of benzene rings is 2. The van der Waals surface area contributed by atoms with Gasteiger partial charge in [-0.2, -0.15) is 0 Å². The summed E-state index contributed by atoms with van der Waals surface area (Å²) < 4.78 is 5.18. The number of methoxy groups -OCH3 is 1. The van der Waals surface area contributed by atoms with E-state index in [1.54, 1.807) is 7.11 Å². The lowest BCUT2D eigenvalue weighted by molar-refractivity contribution is -0.116. The van der Waals surface area contributed by atoms with E-state index in [-0.39, 0.29) is 11.8 Å². The smallest absolute Gasteiger partial charge is 0.225 e. The second kappa shape index (κ2) is 5.37. The molecule has 1 amide bonds. The molecule has 0 aliphatic carbocycles. The molecule has 0 spiro atoms. The van der Waals surface area contributed by atoms with Crippen LogP contribution in [0.5, 0.6) is 5.75 Å². The van der Waals surface area contributed by atoms with Crippen LogP contribution in [0.3, 0.4) is 0 Å². The molecule has 0 aromatic heterocycles. The Bertz CT molecular complexity index is 619. The summed E-state index contributed by atoms with van der Waals surface area (Å²) in [6.45, 7) is 0. The van der Waals surface area contributed by atoms with Crippen molar-refractivity contribution in [3.8, 4) is 5.75 Å². The van der Waals surface area contributed by atoms with Crippen molar-refractivity contribution in [2.45, 2.75) is 18.8 Å². The second-order valence-electron chi connectivity index (χ2n) is 5.08. The highest BCUT2D eigenvalue weighted by atomic mass is 16.5. The van der Waals surface area contributed by atoms with E-state index in [0.717, 1.165) is 17.9 Å². The van der Waals surface area contributed by atoms with Crippen molar-refractivity contribution in [1.82, 2.24) is 0 Å². The highest BCUT2D eigenvalue weighted by Crippen LogP contribution is 2.32. The molecule has 102 valence electrons. The Labute approximate surface area is 118 Å². The molecule has 3 heteroatoms. The minimum atomic E-state index is 0.0794. The van der Waals surface area contributed by atoms with Crippen LogP contribution in [0.15, 0.2) is 48.5 Å². The van der Waals surface area contributed by atoms with Crippen LogP contribution in [0, 0.1) is 0 Å². The molecule has 2 aromatic carbocycles. The highest BCUT2D eigenvalue weighted by Gasteiger charge is 2.22. The van der Waals surface area contributed by atoms with Gasteiger partial charge in [-0.1, -0.05) is 30.3 Å². The first-order valence-corrected chi connectivity index (χ1v) is 6.78. The molecule has 1 aliphatic rings. The zero-order valence-corrected chi connectivity index (χ0v) is 11.4. The zero-order valence-electron chi connectivity index (χ0n) is 11.4. The maximum absolute atomic E-state index is 12.0. The number of fused-ring (bicyclic) bond motifs is 1. The van der Waals surface area contributed by atoms with Gasteiger partial charge in [0, 0.05) is 12.1 Å². The van der Waals surface area contributed by atoms with E-state index in [9.17, 15) is 4.79 Å². The summed E-state index contributed by atoms with van der Waals surface area (Å²) in [5.74, 6) is 1.13. The quantitative estimate of drug-likeness (QED) is 0.906. The maximum Gasteiger partial charge on any atom is 0.225 e. The Morgan fingerprint density at radius 3 is 2.55 bits per heavy atom. The van der Waals surface area contributed by atoms with Crippen LogP contribution in [-0.2, 0) is 11.2 Å². The van der Waals surface area contributed by atoms with E-state index in [4.69, 9.17) is 4.74 Å². The van der Waals surface area contributed by atoms with Gasteiger partial charge in [0.25, 0.3) is 0 Å². The fraction of sp³-hybridized carbons (Fsp3) is 0.235. The molecule has 3 rings (SSSR count). The van der Waals surface area contributed by atoms with Crippen LogP contribution in [0.2, 0.25) is 0 Å². The number of amides is 1. The lowest BCUT2D eigenvalue weighted by atomic mass is 9.90. The molecular weight excluding hydrogens is 250 g/mol. The third-order valence-electron chi connectivity index (χ3n) is 3.78. The number of anilines is 1. The van der Waals surface area contributed by atoms with Crippen LogP contribution in [0.1, 0.15) is 23.5 Å².